The number of amides is 1. The van der Waals surface area contributed by atoms with E-state index < -0.39 is 0 Å². The highest BCUT2D eigenvalue weighted by Crippen LogP contribution is 2.23. The van der Waals surface area contributed by atoms with E-state index in [2.05, 4.69) is 10.5 Å². The average Bonchev–Trinajstić information content (AvgIpc) is 2.73. The summed E-state index contributed by atoms with van der Waals surface area (Å²) >= 11 is 12.1. The van der Waals surface area contributed by atoms with Crippen molar-refractivity contribution in [2.24, 2.45) is 5.16 Å². The highest BCUT2D eigenvalue weighted by Gasteiger charge is 2.10. The number of hydrogen-bond acceptors (Lipinski definition) is 3. The van der Waals surface area contributed by atoms with Crippen LogP contribution < -0.4 is 5.32 Å². The monoisotopic (exact) mass is 440 g/mol. The van der Waals surface area contributed by atoms with Gasteiger partial charge in [0.05, 0.1) is 15.8 Å². The highest BCUT2D eigenvalue weighted by atomic mass is 35.5. The van der Waals surface area contributed by atoms with E-state index in [-0.39, 0.29) is 5.91 Å². The van der Waals surface area contributed by atoms with Crippen LogP contribution in [-0.2, 0) is 17.7 Å². The van der Waals surface area contributed by atoms with Crippen molar-refractivity contribution in [3.63, 3.8) is 0 Å². The molecular weight excluding hydrogens is 419 g/mol. The molecule has 0 aromatic heterocycles. The summed E-state index contributed by atoms with van der Waals surface area (Å²) < 4.78 is 0. The normalized spacial score (nSPS) is 11.3. The summed E-state index contributed by atoms with van der Waals surface area (Å²) in [5, 5.41) is 8.12. The summed E-state index contributed by atoms with van der Waals surface area (Å²) in [4.78, 5) is 17.5. The van der Waals surface area contributed by atoms with Crippen LogP contribution in [0.5, 0.6) is 0 Å². The second kappa shape index (κ2) is 10.3. The minimum absolute atomic E-state index is 0.141. The third kappa shape index (κ3) is 5.85. The van der Waals surface area contributed by atoms with E-state index >= 15 is 0 Å². The number of para-hydroxylation sites is 1. The number of anilines is 1. The third-order valence-corrected chi connectivity index (χ3v) is 5.37. The zero-order chi connectivity index (χ0) is 21.5. The Hall–Kier alpha value is -2.82. The van der Waals surface area contributed by atoms with Gasteiger partial charge in [-0.2, -0.15) is 0 Å². The van der Waals surface area contributed by atoms with E-state index in [9.17, 15) is 4.79 Å². The van der Waals surface area contributed by atoms with Crippen LogP contribution in [-0.4, -0.2) is 18.7 Å². The van der Waals surface area contributed by atoms with E-state index in [4.69, 9.17) is 28.0 Å². The fraction of sp³-hybridized carbons (Fsp3) is 0.167. The summed E-state index contributed by atoms with van der Waals surface area (Å²) in [6, 6.07) is 20.7. The first-order chi connectivity index (χ1) is 14.5. The van der Waals surface area contributed by atoms with Gasteiger partial charge in [-0.3, -0.25) is 4.79 Å². The Morgan fingerprint density at radius 3 is 2.27 bits per heavy atom. The Labute approximate surface area is 186 Å². The lowest BCUT2D eigenvalue weighted by molar-refractivity contribution is 0.102. The van der Waals surface area contributed by atoms with Crippen LogP contribution in [0.3, 0.4) is 0 Å². The summed E-state index contributed by atoms with van der Waals surface area (Å²) in [6.45, 7) is 1.96. The number of aryl methyl sites for hydroxylation is 1. The lowest BCUT2D eigenvalue weighted by atomic mass is 10.0. The van der Waals surface area contributed by atoms with Gasteiger partial charge in [-0.1, -0.05) is 64.8 Å². The molecule has 1 amide bonds. The van der Waals surface area contributed by atoms with Crippen molar-refractivity contribution in [3.8, 4) is 0 Å². The predicted molar refractivity (Wildman–Crippen MR) is 124 cm³/mol. The molecule has 0 radical (unpaired) electrons. The minimum Gasteiger partial charge on any atom is -0.399 e. The standard InChI is InChI=1S/C24H22Cl2N2O2/c1-16-5-3-4-6-23(16)27-24(29)19-10-7-17(8-11-19)13-20(28-30-2)14-18-9-12-21(25)22(26)15-18/h3-12,15H,13-14H2,1-2H3,(H,27,29). The molecule has 0 bridgehead atoms. The Balaban J connectivity index is 1.68. The van der Waals surface area contributed by atoms with Crippen molar-refractivity contribution >= 4 is 40.5 Å². The molecule has 0 aliphatic carbocycles. The number of halogens is 2. The van der Waals surface area contributed by atoms with Crippen LogP contribution in [0.25, 0.3) is 0 Å². The maximum absolute atomic E-state index is 12.5. The van der Waals surface area contributed by atoms with Crippen LogP contribution in [0.4, 0.5) is 5.69 Å². The van der Waals surface area contributed by atoms with Gasteiger partial charge >= 0.3 is 0 Å². The molecular formula is C24H22Cl2N2O2. The number of oxime groups is 1. The quantitative estimate of drug-likeness (QED) is 0.344. The molecule has 0 aliphatic heterocycles. The molecule has 30 heavy (non-hydrogen) atoms. The molecule has 1 N–H and O–H groups in total. The lowest BCUT2D eigenvalue weighted by Crippen LogP contribution is -2.13. The van der Waals surface area contributed by atoms with Crippen LogP contribution in [0.15, 0.2) is 71.9 Å². The van der Waals surface area contributed by atoms with Crippen LogP contribution in [0.2, 0.25) is 10.0 Å². The van der Waals surface area contributed by atoms with Gasteiger partial charge in [-0.25, -0.2) is 0 Å². The molecule has 3 rings (SSSR count). The molecule has 0 spiro atoms. The lowest BCUT2D eigenvalue weighted by Gasteiger charge is -2.10. The molecule has 3 aromatic carbocycles. The summed E-state index contributed by atoms with van der Waals surface area (Å²) in [5.41, 5.74) is 5.28. The number of nitrogens with zero attached hydrogens (tertiary/aromatic N) is 1. The van der Waals surface area contributed by atoms with Crippen molar-refractivity contribution in [1.29, 1.82) is 0 Å². The van der Waals surface area contributed by atoms with Gasteiger partial charge in [0.1, 0.15) is 7.11 Å². The smallest absolute Gasteiger partial charge is 0.255 e. The van der Waals surface area contributed by atoms with Gasteiger partial charge < -0.3 is 10.2 Å². The molecule has 3 aromatic rings. The molecule has 0 saturated heterocycles. The second-order valence-electron chi connectivity index (χ2n) is 6.91. The van der Waals surface area contributed by atoms with Gasteiger partial charge in [-0.15, -0.1) is 0 Å². The molecule has 0 saturated carbocycles. The Morgan fingerprint density at radius 2 is 1.60 bits per heavy atom. The van der Waals surface area contributed by atoms with Gasteiger partial charge in [0.2, 0.25) is 0 Å². The van der Waals surface area contributed by atoms with Gasteiger partial charge in [-0.05, 0) is 53.9 Å². The number of rotatable bonds is 7. The summed E-state index contributed by atoms with van der Waals surface area (Å²) in [7, 11) is 1.52. The minimum atomic E-state index is -0.141. The van der Waals surface area contributed by atoms with Crippen molar-refractivity contribution in [2.45, 2.75) is 19.8 Å². The first-order valence-electron chi connectivity index (χ1n) is 9.45. The van der Waals surface area contributed by atoms with Gasteiger partial charge in [0.25, 0.3) is 5.91 Å². The number of nitrogens with one attached hydrogen (secondary N) is 1. The van der Waals surface area contributed by atoms with E-state index in [0.29, 0.717) is 28.5 Å². The molecule has 0 atom stereocenters. The van der Waals surface area contributed by atoms with E-state index in [1.54, 1.807) is 6.07 Å². The largest absolute Gasteiger partial charge is 0.399 e. The van der Waals surface area contributed by atoms with E-state index in [1.807, 2.05) is 67.6 Å². The predicted octanol–water partition coefficient (Wildman–Crippen LogP) is 6.34. The number of carbonyl (C=O) groups excluding carboxylic acids is 1. The van der Waals surface area contributed by atoms with Crippen molar-refractivity contribution in [1.82, 2.24) is 0 Å². The maximum Gasteiger partial charge on any atom is 0.255 e. The Kier molecular flexibility index (Phi) is 7.50. The van der Waals surface area contributed by atoms with Crippen molar-refractivity contribution < 1.29 is 9.63 Å². The summed E-state index contributed by atoms with van der Waals surface area (Å²) in [6.07, 6.45) is 1.17. The molecule has 0 heterocycles. The number of benzene rings is 3. The third-order valence-electron chi connectivity index (χ3n) is 4.63. The fourth-order valence-electron chi connectivity index (χ4n) is 3.06. The fourth-order valence-corrected chi connectivity index (χ4v) is 3.38. The van der Waals surface area contributed by atoms with Gasteiger partial charge in [0.15, 0.2) is 0 Å². The molecule has 0 fully saturated rings. The first-order valence-corrected chi connectivity index (χ1v) is 10.2. The Bertz CT molecular complexity index is 1060. The SMILES string of the molecule is CON=C(Cc1ccc(C(=O)Nc2ccccc2C)cc1)Cc1ccc(Cl)c(Cl)c1. The molecule has 154 valence electrons. The second-order valence-corrected chi connectivity index (χ2v) is 7.72. The van der Waals surface area contributed by atoms with Crippen LogP contribution in [0.1, 0.15) is 27.0 Å². The molecule has 6 heteroatoms. The zero-order valence-corrected chi connectivity index (χ0v) is 18.3. The maximum atomic E-state index is 12.5. The average molecular weight is 441 g/mol. The first kappa shape index (κ1) is 21.9. The molecule has 0 unspecified atom stereocenters. The van der Waals surface area contributed by atoms with Gasteiger partial charge in [0, 0.05) is 24.1 Å². The highest BCUT2D eigenvalue weighted by molar-refractivity contribution is 6.42. The van der Waals surface area contributed by atoms with Crippen LogP contribution in [0, 0.1) is 6.92 Å². The van der Waals surface area contributed by atoms with Crippen molar-refractivity contribution in [2.75, 3.05) is 12.4 Å². The molecule has 0 aliphatic rings. The van der Waals surface area contributed by atoms with Crippen molar-refractivity contribution in [3.05, 3.63) is 99.0 Å². The topological polar surface area (TPSA) is 50.7 Å². The van der Waals surface area contributed by atoms with E-state index in [0.717, 1.165) is 28.1 Å². The van der Waals surface area contributed by atoms with Crippen LogP contribution >= 0.6 is 23.2 Å². The summed E-state index contributed by atoms with van der Waals surface area (Å²) in [5.74, 6) is -0.141. The number of carbonyl (C=O) groups is 1. The Morgan fingerprint density at radius 1 is 0.933 bits per heavy atom. The molecule has 4 nitrogen and oxygen atoms in total. The van der Waals surface area contributed by atoms with E-state index in [1.165, 1.54) is 7.11 Å². The zero-order valence-electron chi connectivity index (χ0n) is 16.8. The number of hydrogen-bond donors (Lipinski definition) is 1.